The third-order valence-electron chi connectivity index (χ3n) is 2.17. The molecule has 1 aromatic heterocycles. The Hall–Kier alpha value is -1.14. The molecule has 0 radical (unpaired) electrons. The van der Waals surface area contributed by atoms with E-state index in [1.54, 1.807) is 0 Å². The second-order valence-corrected chi connectivity index (χ2v) is 3.25. The third-order valence-corrected chi connectivity index (χ3v) is 2.17. The maximum Gasteiger partial charge on any atom is 0.224 e. The molecule has 0 amide bonds. The Balaban J connectivity index is 2.87. The molecule has 0 aromatic carbocycles. The second kappa shape index (κ2) is 5.67. The standard InChI is InChI=1S/C9H19N5O/c1-3-11-9-13-12-8(14(9)4-2)7(15)5-6-10/h7,15H,3-6,10H2,1-2H3,(H,11,13). The van der Waals surface area contributed by atoms with Crippen LogP contribution in [0.2, 0.25) is 0 Å². The summed E-state index contributed by atoms with van der Waals surface area (Å²) >= 11 is 0. The molecule has 0 aliphatic rings. The van der Waals surface area contributed by atoms with Crippen molar-refractivity contribution in [1.29, 1.82) is 0 Å². The van der Waals surface area contributed by atoms with Gasteiger partial charge in [0.25, 0.3) is 0 Å². The normalized spacial score (nSPS) is 12.8. The average molecular weight is 213 g/mol. The molecule has 6 nitrogen and oxygen atoms in total. The van der Waals surface area contributed by atoms with Gasteiger partial charge in [-0.2, -0.15) is 0 Å². The molecule has 0 fully saturated rings. The molecule has 0 saturated carbocycles. The highest BCUT2D eigenvalue weighted by molar-refractivity contribution is 5.26. The molecule has 0 aliphatic heterocycles. The largest absolute Gasteiger partial charge is 0.385 e. The number of rotatable bonds is 6. The van der Waals surface area contributed by atoms with Gasteiger partial charge in [0.05, 0.1) is 0 Å². The minimum atomic E-state index is -0.630. The monoisotopic (exact) mass is 213 g/mol. The summed E-state index contributed by atoms with van der Waals surface area (Å²) in [6.45, 7) is 5.93. The molecule has 4 N–H and O–H groups in total. The van der Waals surface area contributed by atoms with Gasteiger partial charge in [0.2, 0.25) is 5.95 Å². The van der Waals surface area contributed by atoms with Crippen LogP contribution in [0.1, 0.15) is 32.2 Å². The number of aliphatic hydroxyl groups is 1. The number of nitrogens with two attached hydrogens (primary N) is 1. The summed E-state index contributed by atoms with van der Waals surface area (Å²) in [5.74, 6) is 1.28. The smallest absolute Gasteiger partial charge is 0.224 e. The summed E-state index contributed by atoms with van der Waals surface area (Å²) in [6, 6.07) is 0. The quantitative estimate of drug-likeness (QED) is 0.624. The number of hydrogen-bond donors (Lipinski definition) is 3. The molecule has 0 bridgehead atoms. The number of hydrogen-bond acceptors (Lipinski definition) is 5. The van der Waals surface area contributed by atoms with Crippen LogP contribution < -0.4 is 11.1 Å². The molecule has 1 heterocycles. The SMILES string of the molecule is CCNc1nnc(C(O)CCN)n1CC. The minimum Gasteiger partial charge on any atom is -0.385 e. The first-order valence-electron chi connectivity index (χ1n) is 5.29. The maximum absolute atomic E-state index is 9.78. The van der Waals surface area contributed by atoms with Gasteiger partial charge in [-0.05, 0) is 26.8 Å². The van der Waals surface area contributed by atoms with E-state index in [1.165, 1.54) is 0 Å². The zero-order chi connectivity index (χ0) is 11.3. The lowest BCUT2D eigenvalue weighted by Crippen LogP contribution is -2.14. The molecule has 1 aromatic rings. The second-order valence-electron chi connectivity index (χ2n) is 3.25. The van der Waals surface area contributed by atoms with E-state index in [4.69, 9.17) is 5.73 Å². The molecule has 86 valence electrons. The molecular formula is C9H19N5O. The summed E-state index contributed by atoms with van der Waals surface area (Å²) in [5.41, 5.74) is 5.39. The van der Waals surface area contributed by atoms with Crippen molar-refractivity contribution in [3.63, 3.8) is 0 Å². The van der Waals surface area contributed by atoms with Crippen molar-refractivity contribution in [3.05, 3.63) is 5.82 Å². The molecular weight excluding hydrogens is 194 g/mol. The summed E-state index contributed by atoms with van der Waals surface area (Å²) < 4.78 is 1.86. The predicted octanol–water partition coefficient (Wildman–Crippen LogP) is 0.112. The molecule has 15 heavy (non-hydrogen) atoms. The van der Waals surface area contributed by atoms with Gasteiger partial charge in [-0.1, -0.05) is 0 Å². The number of aliphatic hydroxyl groups excluding tert-OH is 1. The van der Waals surface area contributed by atoms with E-state index in [0.29, 0.717) is 24.7 Å². The van der Waals surface area contributed by atoms with Crippen LogP contribution in [0.5, 0.6) is 0 Å². The van der Waals surface area contributed by atoms with Crippen LogP contribution >= 0.6 is 0 Å². The van der Waals surface area contributed by atoms with Gasteiger partial charge in [0, 0.05) is 13.1 Å². The lowest BCUT2D eigenvalue weighted by atomic mass is 10.2. The van der Waals surface area contributed by atoms with Gasteiger partial charge in [-0.15, -0.1) is 10.2 Å². The Morgan fingerprint density at radius 1 is 1.47 bits per heavy atom. The third kappa shape index (κ3) is 2.66. The molecule has 6 heteroatoms. The average Bonchev–Trinajstić information content (AvgIpc) is 2.62. The Bertz CT molecular complexity index is 299. The molecule has 0 saturated heterocycles. The first-order chi connectivity index (χ1) is 7.24. The van der Waals surface area contributed by atoms with E-state index in [1.807, 2.05) is 18.4 Å². The number of aromatic nitrogens is 3. The van der Waals surface area contributed by atoms with Crippen LogP contribution in [0.4, 0.5) is 5.95 Å². The molecule has 1 atom stereocenters. The van der Waals surface area contributed by atoms with E-state index in [2.05, 4.69) is 15.5 Å². The first kappa shape index (κ1) is 11.9. The van der Waals surface area contributed by atoms with Gasteiger partial charge in [-0.25, -0.2) is 0 Å². The van der Waals surface area contributed by atoms with Crippen molar-refractivity contribution in [1.82, 2.24) is 14.8 Å². The summed E-state index contributed by atoms with van der Waals surface area (Å²) in [6.07, 6.45) is -0.126. The van der Waals surface area contributed by atoms with Crippen LogP contribution in [0, 0.1) is 0 Å². The van der Waals surface area contributed by atoms with E-state index in [9.17, 15) is 5.11 Å². The topological polar surface area (TPSA) is 89.0 Å². The Kier molecular flexibility index (Phi) is 4.51. The van der Waals surface area contributed by atoms with E-state index < -0.39 is 6.10 Å². The number of nitrogens with zero attached hydrogens (tertiary/aromatic N) is 3. The first-order valence-corrected chi connectivity index (χ1v) is 5.29. The van der Waals surface area contributed by atoms with Gasteiger partial charge in [0.15, 0.2) is 5.82 Å². The summed E-state index contributed by atoms with van der Waals surface area (Å²) in [4.78, 5) is 0. The van der Waals surface area contributed by atoms with Gasteiger partial charge in [-0.3, -0.25) is 4.57 Å². The number of anilines is 1. The Morgan fingerprint density at radius 3 is 2.73 bits per heavy atom. The van der Waals surface area contributed by atoms with Crippen molar-refractivity contribution < 1.29 is 5.11 Å². The summed E-state index contributed by atoms with van der Waals surface area (Å²) in [7, 11) is 0. The zero-order valence-electron chi connectivity index (χ0n) is 9.27. The van der Waals surface area contributed by atoms with Crippen molar-refractivity contribution >= 4 is 5.95 Å². The fourth-order valence-electron chi connectivity index (χ4n) is 1.45. The van der Waals surface area contributed by atoms with Gasteiger partial charge in [0.1, 0.15) is 6.10 Å². The highest BCUT2D eigenvalue weighted by Crippen LogP contribution is 2.17. The van der Waals surface area contributed by atoms with Crippen LogP contribution in [0.3, 0.4) is 0 Å². The summed E-state index contributed by atoms with van der Waals surface area (Å²) in [5, 5.41) is 20.8. The highest BCUT2D eigenvalue weighted by atomic mass is 16.3. The molecule has 0 aliphatic carbocycles. The predicted molar refractivity (Wildman–Crippen MR) is 58.5 cm³/mol. The number of nitrogens with one attached hydrogen (secondary N) is 1. The lowest BCUT2D eigenvalue weighted by molar-refractivity contribution is 0.155. The van der Waals surface area contributed by atoms with Gasteiger partial charge >= 0.3 is 0 Å². The van der Waals surface area contributed by atoms with Crippen molar-refractivity contribution in [2.45, 2.75) is 32.9 Å². The molecule has 0 spiro atoms. The van der Waals surface area contributed by atoms with E-state index in [-0.39, 0.29) is 0 Å². The molecule has 1 unspecified atom stereocenters. The maximum atomic E-state index is 9.78. The van der Waals surface area contributed by atoms with Crippen LogP contribution in [-0.2, 0) is 6.54 Å². The molecule has 1 rings (SSSR count). The minimum absolute atomic E-state index is 0.439. The lowest BCUT2D eigenvalue weighted by Gasteiger charge is -2.11. The van der Waals surface area contributed by atoms with Gasteiger partial charge < -0.3 is 16.2 Å². The van der Waals surface area contributed by atoms with Crippen LogP contribution in [0.25, 0.3) is 0 Å². The van der Waals surface area contributed by atoms with Crippen molar-refractivity contribution in [2.24, 2.45) is 5.73 Å². The van der Waals surface area contributed by atoms with Crippen LogP contribution in [-0.4, -0.2) is 33.0 Å². The van der Waals surface area contributed by atoms with Crippen LogP contribution in [0.15, 0.2) is 0 Å². The highest BCUT2D eigenvalue weighted by Gasteiger charge is 2.16. The van der Waals surface area contributed by atoms with Crippen molar-refractivity contribution in [3.8, 4) is 0 Å². The Morgan fingerprint density at radius 2 is 2.20 bits per heavy atom. The fraction of sp³-hybridized carbons (Fsp3) is 0.778. The van der Waals surface area contributed by atoms with E-state index in [0.717, 1.165) is 13.1 Å². The van der Waals surface area contributed by atoms with Crippen molar-refractivity contribution in [2.75, 3.05) is 18.4 Å². The zero-order valence-corrected chi connectivity index (χ0v) is 9.27. The Labute approximate surface area is 89.5 Å². The fourth-order valence-corrected chi connectivity index (χ4v) is 1.45. The van der Waals surface area contributed by atoms with E-state index >= 15 is 0 Å².